The van der Waals surface area contributed by atoms with Crippen LogP contribution in [0.2, 0.25) is 0 Å². The van der Waals surface area contributed by atoms with E-state index in [0.717, 1.165) is 10.8 Å². The van der Waals surface area contributed by atoms with E-state index in [0.29, 0.717) is 5.75 Å². The zero-order valence-corrected chi connectivity index (χ0v) is 10.2. The third kappa shape index (κ3) is 3.19. The molecule has 0 bridgehead atoms. The molecule has 0 aliphatic rings. The second kappa shape index (κ2) is 5.66. The van der Waals surface area contributed by atoms with Crippen LogP contribution in [0.1, 0.15) is 6.92 Å². The van der Waals surface area contributed by atoms with E-state index in [1.165, 1.54) is 0 Å². The Morgan fingerprint density at radius 3 is 2.47 bits per heavy atom. The number of fused-ring (bicyclic) bond motifs is 1. The van der Waals surface area contributed by atoms with E-state index in [1.54, 1.807) is 13.0 Å². The zero-order valence-electron chi connectivity index (χ0n) is 9.42. The number of esters is 1. The molecule has 2 aromatic rings. The van der Waals surface area contributed by atoms with Crippen molar-refractivity contribution >= 4 is 29.1 Å². The van der Waals surface area contributed by atoms with Gasteiger partial charge in [0.1, 0.15) is 11.8 Å². The minimum atomic E-state index is -0.605. The van der Waals surface area contributed by atoms with Crippen LogP contribution >= 0.6 is 12.4 Å². The Hall–Kier alpha value is -1.58. The molecule has 0 aromatic heterocycles. The van der Waals surface area contributed by atoms with Crippen molar-refractivity contribution < 1.29 is 9.53 Å². The maximum Gasteiger partial charge on any atom is 0.328 e. The molecule has 0 radical (unpaired) electrons. The molecular formula is C13H14ClNO2. The molecule has 17 heavy (non-hydrogen) atoms. The minimum absolute atomic E-state index is 0. The molecule has 0 saturated carbocycles. The van der Waals surface area contributed by atoms with Gasteiger partial charge in [0.25, 0.3) is 0 Å². The van der Waals surface area contributed by atoms with Crippen LogP contribution in [0, 0.1) is 0 Å². The molecule has 1 unspecified atom stereocenters. The number of hydrogen-bond donors (Lipinski definition) is 1. The number of nitrogens with two attached hydrogens (primary N) is 1. The first kappa shape index (κ1) is 13.5. The Labute approximate surface area is 106 Å². The fraction of sp³-hybridized carbons (Fsp3) is 0.154. The topological polar surface area (TPSA) is 52.3 Å². The summed E-state index contributed by atoms with van der Waals surface area (Å²) in [6.07, 6.45) is 0. The maximum absolute atomic E-state index is 11.3. The van der Waals surface area contributed by atoms with Gasteiger partial charge in [-0.25, -0.2) is 4.79 Å². The second-order valence-corrected chi connectivity index (χ2v) is 3.72. The van der Waals surface area contributed by atoms with Crippen molar-refractivity contribution in [2.24, 2.45) is 5.73 Å². The van der Waals surface area contributed by atoms with Crippen LogP contribution in [-0.4, -0.2) is 12.0 Å². The Balaban J connectivity index is 0.00000144. The van der Waals surface area contributed by atoms with Crippen LogP contribution < -0.4 is 10.5 Å². The molecule has 0 amide bonds. The summed E-state index contributed by atoms with van der Waals surface area (Å²) in [7, 11) is 0. The molecule has 0 spiro atoms. The smallest absolute Gasteiger partial charge is 0.328 e. The van der Waals surface area contributed by atoms with Gasteiger partial charge in [-0.3, -0.25) is 0 Å². The molecule has 3 nitrogen and oxygen atoms in total. The van der Waals surface area contributed by atoms with Crippen LogP contribution in [-0.2, 0) is 4.79 Å². The van der Waals surface area contributed by atoms with Crippen molar-refractivity contribution in [3.63, 3.8) is 0 Å². The lowest BCUT2D eigenvalue weighted by molar-refractivity contribution is -0.135. The number of rotatable bonds is 2. The van der Waals surface area contributed by atoms with Gasteiger partial charge >= 0.3 is 5.97 Å². The summed E-state index contributed by atoms with van der Waals surface area (Å²) in [5.74, 6) is 0.108. The molecule has 4 heteroatoms. The van der Waals surface area contributed by atoms with Gasteiger partial charge in [0.05, 0.1) is 0 Å². The van der Waals surface area contributed by atoms with Gasteiger partial charge in [-0.15, -0.1) is 12.4 Å². The van der Waals surface area contributed by atoms with E-state index in [-0.39, 0.29) is 12.4 Å². The first-order valence-electron chi connectivity index (χ1n) is 5.13. The van der Waals surface area contributed by atoms with Crippen molar-refractivity contribution in [1.29, 1.82) is 0 Å². The SMILES string of the molecule is CC(N)C(=O)Oc1ccc2ccccc2c1.Cl. The van der Waals surface area contributed by atoms with E-state index in [4.69, 9.17) is 10.5 Å². The standard InChI is InChI=1S/C13H13NO2.ClH/c1-9(14)13(15)16-12-7-6-10-4-2-3-5-11(10)8-12;/h2-9H,14H2,1H3;1H. The third-order valence-electron chi connectivity index (χ3n) is 2.31. The number of carbonyl (C=O) groups excluding carboxylic acids is 1. The maximum atomic E-state index is 11.3. The first-order chi connectivity index (χ1) is 7.66. The van der Waals surface area contributed by atoms with Crippen molar-refractivity contribution in [3.05, 3.63) is 42.5 Å². The molecule has 0 heterocycles. The zero-order chi connectivity index (χ0) is 11.5. The number of carbonyl (C=O) groups is 1. The third-order valence-corrected chi connectivity index (χ3v) is 2.31. The molecule has 0 aliphatic carbocycles. The Morgan fingerprint density at radius 2 is 1.82 bits per heavy atom. The molecule has 1 atom stereocenters. The van der Waals surface area contributed by atoms with Crippen LogP contribution in [0.5, 0.6) is 5.75 Å². The van der Waals surface area contributed by atoms with Gasteiger partial charge < -0.3 is 10.5 Å². The summed E-state index contributed by atoms with van der Waals surface area (Å²) in [6.45, 7) is 1.60. The minimum Gasteiger partial charge on any atom is -0.425 e. The van der Waals surface area contributed by atoms with Crippen LogP contribution in [0.4, 0.5) is 0 Å². The van der Waals surface area contributed by atoms with E-state index in [9.17, 15) is 4.79 Å². The van der Waals surface area contributed by atoms with Gasteiger partial charge in [0, 0.05) is 0 Å². The average molecular weight is 252 g/mol. The summed E-state index contributed by atoms with van der Waals surface area (Å²) in [5, 5.41) is 2.15. The quantitative estimate of drug-likeness (QED) is 0.659. The van der Waals surface area contributed by atoms with Gasteiger partial charge in [0.15, 0.2) is 0 Å². The predicted octanol–water partition coefficient (Wildman–Crippen LogP) is 2.51. The van der Waals surface area contributed by atoms with E-state index < -0.39 is 12.0 Å². The van der Waals surface area contributed by atoms with Crippen molar-refractivity contribution in [3.8, 4) is 5.75 Å². The molecule has 2 aromatic carbocycles. The lowest BCUT2D eigenvalue weighted by Gasteiger charge is -2.07. The molecule has 0 aliphatic heterocycles. The van der Waals surface area contributed by atoms with Crippen molar-refractivity contribution in [1.82, 2.24) is 0 Å². The molecule has 0 fully saturated rings. The van der Waals surface area contributed by atoms with E-state index in [2.05, 4.69) is 0 Å². The van der Waals surface area contributed by atoms with Gasteiger partial charge in [-0.2, -0.15) is 0 Å². The normalized spacial score (nSPS) is 11.6. The largest absolute Gasteiger partial charge is 0.425 e. The molecule has 2 N–H and O–H groups in total. The highest BCUT2D eigenvalue weighted by molar-refractivity contribution is 5.85. The lowest BCUT2D eigenvalue weighted by atomic mass is 10.1. The fourth-order valence-electron chi connectivity index (χ4n) is 1.44. The highest BCUT2D eigenvalue weighted by atomic mass is 35.5. The van der Waals surface area contributed by atoms with Crippen LogP contribution in [0.15, 0.2) is 42.5 Å². The van der Waals surface area contributed by atoms with E-state index in [1.807, 2.05) is 36.4 Å². The first-order valence-corrected chi connectivity index (χ1v) is 5.13. The second-order valence-electron chi connectivity index (χ2n) is 3.72. The summed E-state index contributed by atoms with van der Waals surface area (Å²) in [5.41, 5.74) is 5.42. The number of halogens is 1. The summed E-state index contributed by atoms with van der Waals surface area (Å²) < 4.78 is 5.12. The van der Waals surface area contributed by atoms with Gasteiger partial charge in [-0.05, 0) is 29.8 Å². The summed E-state index contributed by atoms with van der Waals surface area (Å²) in [4.78, 5) is 11.3. The molecule has 90 valence electrons. The highest BCUT2D eigenvalue weighted by Crippen LogP contribution is 2.20. The van der Waals surface area contributed by atoms with Gasteiger partial charge in [0.2, 0.25) is 0 Å². The van der Waals surface area contributed by atoms with Crippen LogP contribution in [0.25, 0.3) is 10.8 Å². The number of benzene rings is 2. The Bertz CT molecular complexity index is 526. The predicted molar refractivity (Wildman–Crippen MR) is 70.5 cm³/mol. The molecule has 0 saturated heterocycles. The molecular weight excluding hydrogens is 238 g/mol. The average Bonchev–Trinajstić information content (AvgIpc) is 2.28. The summed E-state index contributed by atoms with van der Waals surface area (Å²) in [6, 6.07) is 12.8. The Kier molecular flexibility index (Phi) is 4.49. The Morgan fingerprint density at radius 1 is 1.18 bits per heavy atom. The molecule has 2 rings (SSSR count). The number of hydrogen-bond acceptors (Lipinski definition) is 3. The van der Waals surface area contributed by atoms with Crippen molar-refractivity contribution in [2.75, 3.05) is 0 Å². The monoisotopic (exact) mass is 251 g/mol. The van der Waals surface area contributed by atoms with E-state index >= 15 is 0 Å². The fourth-order valence-corrected chi connectivity index (χ4v) is 1.44. The van der Waals surface area contributed by atoms with Crippen molar-refractivity contribution in [2.45, 2.75) is 13.0 Å². The number of ether oxygens (including phenoxy) is 1. The van der Waals surface area contributed by atoms with Gasteiger partial charge in [-0.1, -0.05) is 30.3 Å². The van der Waals surface area contributed by atoms with Crippen LogP contribution in [0.3, 0.4) is 0 Å². The highest BCUT2D eigenvalue weighted by Gasteiger charge is 2.09. The summed E-state index contributed by atoms with van der Waals surface area (Å²) >= 11 is 0. The lowest BCUT2D eigenvalue weighted by Crippen LogP contribution is -2.30.